The monoisotopic (exact) mass is 282 g/mol. The topological polar surface area (TPSA) is 26.3 Å². The van der Waals surface area contributed by atoms with Gasteiger partial charge in [0.15, 0.2) is 6.29 Å². The highest BCUT2D eigenvalue weighted by molar-refractivity contribution is 6.30. The van der Waals surface area contributed by atoms with Gasteiger partial charge in [-0.1, -0.05) is 57.0 Å². The maximum atomic E-state index is 10.9. The summed E-state index contributed by atoms with van der Waals surface area (Å²) in [4.78, 5) is 10.9. The highest BCUT2D eigenvalue weighted by Crippen LogP contribution is 2.21. The highest BCUT2D eigenvalue weighted by atomic mass is 35.5. The van der Waals surface area contributed by atoms with Crippen LogP contribution in [0.15, 0.2) is 18.2 Å². The van der Waals surface area contributed by atoms with Crippen LogP contribution in [0.4, 0.5) is 0 Å². The maximum absolute atomic E-state index is 10.9. The van der Waals surface area contributed by atoms with E-state index < -0.39 is 0 Å². The van der Waals surface area contributed by atoms with E-state index in [1.165, 1.54) is 38.5 Å². The molecule has 1 rings (SSSR count). The molecule has 0 atom stereocenters. The summed E-state index contributed by atoms with van der Waals surface area (Å²) in [5.74, 6) is 0.630. The molecule has 0 aromatic heterocycles. The average Bonchev–Trinajstić information content (AvgIpc) is 2.43. The van der Waals surface area contributed by atoms with Crippen LogP contribution in [-0.2, 0) is 0 Å². The average molecular weight is 283 g/mol. The Balaban J connectivity index is 2.17. The molecule has 0 aliphatic rings. The Labute approximate surface area is 121 Å². The zero-order chi connectivity index (χ0) is 13.9. The second kappa shape index (κ2) is 9.85. The largest absolute Gasteiger partial charge is 0.493 e. The highest BCUT2D eigenvalue weighted by Gasteiger charge is 2.03. The molecule has 3 heteroatoms. The summed E-state index contributed by atoms with van der Waals surface area (Å²) in [5, 5.41) is 0.561. The van der Waals surface area contributed by atoms with E-state index >= 15 is 0 Å². The summed E-state index contributed by atoms with van der Waals surface area (Å²) in [5.41, 5.74) is 0.524. The van der Waals surface area contributed by atoms with Gasteiger partial charge in [0.05, 0.1) is 12.2 Å². The Morgan fingerprint density at radius 1 is 1.11 bits per heavy atom. The first-order valence-corrected chi connectivity index (χ1v) is 7.53. The molecule has 0 spiro atoms. The Morgan fingerprint density at radius 3 is 2.47 bits per heavy atom. The number of aldehydes is 1. The van der Waals surface area contributed by atoms with Gasteiger partial charge in [-0.05, 0) is 24.6 Å². The Kier molecular flexibility index (Phi) is 8.31. The van der Waals surface area contributed by atoms with Gasteiger partial charge < -0.3 is 4.74 Å². The van der Waals surface area contributed by atoms with Crippen molar-refractivity contribution in [3.8, 4) is 5.75 Å². The van der Waals surface area contributed by atoms with Gasteiger partial charge in [0.25, 0.3) is 0 Å². The van der Waals surface area contributed by atoms with Crippen molar-refractivity contribution in [2.24, 2.45) is 0 Å². The van der Waals surface area contributed by atoms with Gasteiger partial charge in [-0.15, -0.1) is 0 Å². The van der Waals surface area contributed by atoms with Crippen molar-refractivity contribution >= 4 is 17.9 Å². The number of carbonyl (C=O) groups is 1. The van der Waals surface area contributed by atoms with E-state index in [2.05, 4.69) is 6.92 Å². The van der Waals surface area contributed by atoms with Gasteiger partial charge >= 0.3 is 0 Å². The zero-order valence-electron chi connectivity index (χ0n) is 11.7. The summed E-state index contributed by atoms with van der Waals surface area (Å²) in [6, 6.07) is 5.14. The fraction of sp³-hybridized carbons (Fsp3) is 0.562. The van der Waals surface area contributed by atoms with Crippen LogP contribution in [0.1, 0.15) is 62.2 Å². The van der Waals surface area contributed by atoms with E-state index in [1.54, 1.807) is 18.2 Å². The van der Waals surface area contributed by atoms with Crippen molar-refractivity contribution < 1.29 is 9.53 Å². The minimum absolute atomic E-state index is 0.524. The lowest BCUT2D eigenvalue weighted by molar-refractivity contribution is 0.111. The van der Waals surface area contributed by atoms with E-state index in [4.69, 9.17) is 16.3 Å². The van der Waals surface area contributed by atoms with Crippen LogP contribution in [0.2, 0.25) is 5.02 Å². The van der Waals surface area contributed by atoms with Crippen molar-refractivity contribution in [1.29, 1.82) is 0 Å². The Morgan fingerprint density at radius 2 is 1.79 bits per heavy atom. The number of ether oxygens (including phenoxy) is 1. The molecular formula is C16H23ClO2. The van der Waals surface area contributed by atoms with Gasteiger partial charge in [0.1, 0.15) is 5.75 Å². The zero-order valence-corrected chi connectivity index (χ0v) is 12.4. The number of benzene rings is 1. The molecular weight excluding hydrogens is 260 g/mol. The number of unbranched alkanes of at least 4 members (excludes halogenated alkanes) is 6. The van der Waals surface area contributed by atoms with Gasteiger partial charge in [-0.25, -0.2) is 0 Å². The van der Waals surface area contributed by atoms with Crippen molar-refractivity contribution in [3.05, 3.63) is 28.8 Å². The first kappa shape index (κ1) is 16.0. The molecule has 0 bridgehead atoms. The minimum Gasteiger partial charge on any atom is -0.493 e. The molecule has 0 N–H and O–H groups in total. The van der Waals surface area contributed by atoms with E-state index in [-0.39, 0.29) is 0 Å². The molecule has 0 saturated carbocycles. The first-order chi connectivity index (χ1) is 9.27. The van der Waals surface area contributed by atoms with Gasteiger partial charge in [0, 0.05) is 5.02 Å². The van der Waals surface area contributed by atoms with Gasteiger partial charge in [-0.3, -0.25) is 4.79 Å². The van der Waals surface area contributed by atoms with Crippen LogP contribution < -0.4 is 4.74 Å². The number of hydrogen-bond acceptors (Lipinski definition) is 2. The second-order valence-electron chi connectivity index (χ2n) is 4.77. The predicted octanol–water partition coefficient (Wildman–Crippen LogP) is 5.28. The lowest BCUT2D eigenvalue weighted by Gasteiger charge is -2.08. The van der Waals surface area contributed by atoms with E-state index in [0.29, 0.717) is 22.9 Å². The molecule has 2 nitrogen and oxygen atoms in total. The molecule has 1 aromatic carbocycles. The summed E-state index contributed by atoms with van der Waals surface area (Å²) < 4.78 is 5.62. The van der Waals surface area contributed by atoms with Crippen LogP contribution in [0.3, 0.4) is 0 Å². The third-order valence-electron chi connectivity index (χ3n) is 3.10. The summed E-state index contributed by atoms with van der Waals surface area (Å²) >= 11 is 5.83. The quantitative estimate of drug-likeness (QED) is 0.431. The number of hydrogen-bond donors (Lipinski definition) is 0. The summed E-state index contributed by atoms with van der Waals surface area (Å²) in [6.45, 7) is 2.89. The summed E-state index contributed by atoms with van der Waals surface area (Å²) in [6.07, 6.45) is 9.55. The van der Waals surface area contributed by atoms with Gasteiger partial charge in [-0.2, -0.15) is 0 Å². The van der Waals surface area contributed by atoms with Crippen LogP contribution in [0.5, 0.6) is 5.75 Å². The number of halogens is 1. The maximum Gasteiger partial charge on any atom is 0.153 e. The predicted molar refractivity (Wildman–Crippen MR) is 80.3 cm³/mol. The molecule has 0 saturated heterocycles. The van der Waals surface area contributed by atoms with E-state index in [0.717, 1.165) is 12.7 Å². The van der Waals surface area contributed by atoms with E-state index in [9.17, 15) is 4.79 Å². The fourth-order valence-corrected chi connectivity index (χ4v) is 2.16. The molecule has 1 aromatic rings. The molecule has 19 heavy (non-hydrogen) atoms. The SMILES string of the molecule is CCCCCCCCCOc1ccc(Cl)cc1C=O. The van der Waals surface area contributed by atoms with Crippen LogP contribution in [0.25, 0.3) is 0 Å². The molecule has 0 heterocycles. The van der Waals surface area contributed by atoms with Crippen molar-refractivity contribution in [3.63, 3.8) is 0 Å². The Bertz CT molecular complexity index is 377. The number of carbonyl (C=O) groups excluding carboxylic acids is 1. The normalized spacial score (nSPS) is 10.4. The lowest BCUT2D eigenvalue weighted by atomic mass is 10.1. The van der Waals surface area contributed by atoms with Crippen LogP contribution in [0, 0.1) is 0 Å². The smallest absolute Gasteiger partial charge is 0.153 e. The molecule has 0 radical (unpaired) electrons. The minimum atomic E-state index is 0.524. The summed E-state index contributed by atoms with van der Waals surface area (Å²) in [7, 11) is 0. The molecule has 106 valence electrons. The standard InChI is InChI=1S/C16H23ClO2/c1-2-3-4-5-6-7-8-11-19-16-10-9-15(17)12-14(16)13-18/h9-10,12-13H,2-8,11H2,1H3. The Hall–Kier alpha value is -1.02. The molecule has 0 fully saturated rings. The van der Waals surface area contributed by atoms with Crippen LogP contribution in [-0.4, -0.2) is 12.9 Å². The van der Waals surface area contributed by atoms with Crippen molar-refractivity contribution in [2.45, 2.75) is 51.9 Å². The second-order valence-corrected chi connectivity index (χ2v) is 5.21. The molecule has 0 aliphatic heterocycles. The lowest BCUT2D eigenvalue weighted by Crippen LogP contribution is -2.00. The molecule has 0 unspecified atom stereocenters. The molecule has 0 aliphatic carbocycles. The van der Waals surface area contributed by atoms with Crippen molar-refractivity contribution in [1.82, 2.24) is 0 Å². The van der Waals surface area contributed by atoms with Crippen molar-refractivity contribution in [2.75, 3.05) is 6.61 Å². The fourth-order valence-electron chi connectivity index (χ4n) is 1.98. The third-order valence-corrected chi connectivity index (χ3v) is 3.34. The third kappa shape index (κ3) is 6.63. The van der Waals surface area contributed by atoms with Crippen LogP contribution >= 0.6 is 11.6 Å². The van der Waals surface area contributed by atoms with E-state index in [1.807, 2.05) is 0 Å². The van der Waals surface area contributed by atoms with Gasteiger partial charge in [0.2, 0.25) is 0 Å². The molecule has 0 amide bonds. The first-order valence-electron chi connectivity index (χ1n) is 7.15. The number of rotatable bonds is 10.